The fourth-order valence-corrected chi connectivity index (χ4v) is 3.51. The van der Waals surface area contributed by atoms with Gasteiger partial charge in [-0.3, -0.25) is 5.10 Å². The number of nitrogens with one attached hydrogen (secondary N) is 3. The first-order chi connectivity index (χ1) is 13.2. The Labute approximate surface area is 158 Å². The molecule has 1 aromatic carbocycles. The number of benzene rings is 1. The fraction of sp³-hybridized carbons (Fsp3) is 0.421. The van der Waals surface area contributed by atoms with Gasteiger partial charge in [0.05, 0.1) is 30.5 Å². The van der Waals surface area contributed by atoms with Crippen molar-refractivity contribution in [2.75, 3.05) is 49.4 Å². The number of nitrogens with zero attached hydrogens (tertiary/aromatic N) is 4. The van der Waals surface area contributed by atoms with Crippen LogP contribution in [0.5, 0.6) is 0 Å². The zero-order valence-electron chi connectivity index (χ0n) is 15.9. The zero-order valence-corrected chi connectivity index (χ0v) is 15.9. The van der Waals surface area contributed by atoms with Crippen LogP contribution in [0.1, 0.15) is 13.3 Å². The highest BCUT2D eigenvalue weighted by molar-refractivity contribution is 5.92. The van der Waals surface area contributed by atoms with E-state index in [1.54, 1.807) is 0 Å². The van der Waals surface area contributed by atoms with Crippen molar-refractivity contribution in [3.8, 4) is 11.3 Å². The Morgan fingerprint density at radius 1 is 1.22 bits per heavy atom. The van der Waals surface area contributed by atoms with E-state index in [9.17, 15) is 0 Å². The molecule has 8 nitrogen and oxygen atoms in total. The first-order valence-corrected chi connectivity index (χ1v) is 9.31. The molecule has 4 rings (SSSR count). The van der Waals surface area contributed by atoms with Crippen molar-refractivity contribution in [1.29, 1.82) is 0 Å². The SMILES string of the molecule is CC[C@@H]1COCCN1c1cc(-c2ccc3c(NC)n[nH]c3c2)nc(NC)n1. The third-order valence-corrected chi connectivity index (χ3v) is 5.02. The molecule has 0 spiro atoms. The van der Waals surface area contributed by atoms with Crippen LogP contribution in [0.4, 0.5) is 17.6 Å². The Hall–Kier alpha value is -2.87. The number of aromatic amines is 1. The largest absolute Gasteiger partial charge is 0.377 e. The van der Waals surface area contributed by atoms with Crippen molar-refractivity contribution in [2.24, 2.45) is 0 Å². The van der Waals surface area contributed by atoms with Gasteiger partial charge in [-0.2, -0.15) is 10.1 Å². The van der Waals surface area contributed by atoms with Crippen molar-refractivity contribution < 1.29 is 4.74 Å². The van der Waals surface area contributed by atoms with Crippen molar-refractivity contribution in [1.82, 2.24) is 20.2 Å². The summed E-state index contributed by atoms with van der Waals surface area (Å²) in [6.07, 6.45) is 1.02. The minimum Gasteiger partial charge on any atom is -0.377 e. The molecule has 0 bridgehead atoms. The normalized spacial score (nSPS) is 17.3. The van der Waals surface area contributed by atoms with Gasteiger partial charge in [-0.1, -0.05) is 13.0 Å². The molecule has 142 valence electrons. The van der Waals surface area contributed by atoms with Crippen LogP contribution < -0.4 is 15.5 Å². The number of rotatable bonds is 5. The second-order valence-electron chi connectivity index (χ2n) is 6.60. The predicted octanol–water partition coefficient (Wildman–Crippen LogP) is 2.72. The maximum absolute atomic E-state index is 5.64. The van der Waals surface area contributed by atoms with Gasteiger partial charge in [0.1, 0.15) is 5.82 Å². The highest BCUT2D eigenvalue weighted by Crippen LogP contribution is 2.29. The van der Waals surface area contributed by atoms with Crippen LogP contribution in [0.15, 0.2) is 24.3 Å². The van der Waals surface area contributed by atoms with Gasteiger partial charge in [0.2, 0.25) is 5.95 Å². The number of hydrogen-bond donors (Lipinski definition) is 3. The summed E-state index contributed by atoms with van der Waals surface area (Å²) in [6.45, 7) is 4.47. The maximum atomic E-state index is 5.64. The van der Waals surface area contributed by atoms with Crippen molar-refractivity contribution in [3.05, 3.63) is 24.3 Å². The molecular formula is C19H25N7O. The molecule has 3 aromatic rings. The molecule has 1 aliphatic heterocycles. The van der Waals surface area contributed by atoms with Crippen LogP contribution >= 0.6 is 0 Å². The molecule has 3 heterocycles. The fourth-order valence-electron chi connectivity index (χ4n) is 3.51. The van der Waals surface area contributed by atoms with E-state index in [0.717, 1.165) is 60.0 Å². The Bertz CT molecular complexity index is 939. The average Bonchev–Trinajstić information content (AvgIpc) is 3.15. The first-order valence-electron chi connectivity index (χ1n) is 9.31. The lowest BCUT2D eigenvalue weighted by Gasteiger charge is -2.36. The van der Waals surface area contributed by atoms with Crippen LogP contribution in [0.25, 0.3) is 22.2 Å². The summed E-state index contributed by atoms with van der Waals surface area (Å²) in [4.78, 5) is 11.7. The highest BCUT2D eigenvalue weighted by atomic mass is 16.5. The van der Waals surface area contributed by atoms with E-state index in [1.807, 2.05) is 14.1 Å². The minimum atomic E-state index is 0.333. The van der Waals surface area contributed by atoms with Crippen LogP contribution in [0, 0.1) is 0 Å². The van der Waals surface area contributed by atoms with Gasteiger partial charge in [0, 0.05) is 37.7 Å². The zero-order chi connectivity index (χ0) is 18.8. The van der Waals surface area contributed by atoms with Crippen LogP contribution in [0.2, 0.25) is 0 Å². The van der Waals surface area contributed by atoms with Gasteiger partial charge >= 0.3 is 0 Å². The minimum absolute atomic E-state index is 0.333. The second kappa shape index (κ2) is 7.40. The standard InChI is InChI=1S/C19H25N7O/c1-4-13-11-27-8-7-26(13)17-10-15(22-19(21-3)23-17)12-5-6-14-16(9-12)24-25-18(14)20-2/h5-6,9-10,13H,4,7-8,11H2,1-3H3,(H2,20,24,25)(H,21,22,23)/t13-/m1/s1. The number of H-pyrrole nitrogens is 1. The molecule has 1 saturated heterocycles. The van der Waals surface area contributed by atoms with Crippen LogP contribution in [-0.2, 0) is 4.74 Å². The Morgan fingerprint density at radius 3 is 2.89 bits per heavy atom. The van der Waals surface area contributed by atoms with E-state index >= 15 is 0 Å². The lowest BCUT2D eigenvalue weighted by Crippen LogP contribution is -2.45. The molecule has 0 unspecified atom stereocenters. The van der Waals surface area contributed by atoms with Crippen LogP contribution in [-0.4, -0.2) is 60.1 Å². The van der Waals surface area contributed by atoms with Crippen molar-refractivity contribution in [2.45, 2.75) is 19.4 Å². The Morgan fingerprint density at radius 2 is 2.11 bits per heavy atom. The van der Waals surface area contributed by atoms with Crippen LogP contribution in [0.3, 0.4) is 0 Å². The molecule has 3 N–H and O–H groups in total. The summed E-state index contributed by atoms with van der Waals surface area (Å²) in [6, 6.07) is 8.60. The van der Waals surface area contributed by atoms with E-state index < -0.39 is 0 Å². The number of fused-ring (bicyclic) bond motifs is 1. The van der Waals surface area contributed by atoms with Gasteiger partial charge in [-0.25, -0.2) is 4.98 Å². The van der Waals surface area contributed by atoms with Gasteiger partial charge in [0.15, 0.2) is 5.82 Å². The van der Waals surface area contributed by atoms with Gasteiger partial charge in [-0.15, -0.1) is 0 Å². The predicted molar refractivity (Wildman–Crippen MR) is 108 cm³/mol. The maximum Gasteiger partial charge on any atom is 0.224 e. The monoisotopic (exact) mass is 367 g/mol. The average molecular weight is 367 g/mol. The number of ether oxygens (including phenoxy) is 1. The van der Waals surface area contributed by atoms with E-state index in [4.69, 9.17) is 9.72 Å². The van der Waals surface area contributed by atoms with Crippen molar-refractivity contribution >= 4 is 28.5 Å². The first kappa shape index (κ1) is 17.5. The number of aromatic nitrogens is 4. The lowest BCUT2D eigenvalue weighted by atomic mass is 10.1. The molecule has 1 aliphatic rings. The van der Waals surface area contributed by atoms with Gasteiger partial charge in [0.25, 0.3) is 0 Å². The third-order valence-electron chi connectivity index (χ3n) is 5.02. The highest BCUT2D eigenvalue weighted by Gasteiger charge is 2.24. The molecule has 27 heavy (non-hydrogen) atoms. The molecule has 0 amide bonds. The van der Waals surface area contributed by atoms with E-state index in [1.165, 1.54) is 0 Å². The Balaban J connectivity index is 1.76. The number of morpholine rings is 1. The van der Waals surface area contributed by atoms with Crippen molar-refractivity contribution in [3.63, 3.8) is 0 Å². The Kier molecular flexibility index (Phi) is 4.81. The summed E-state index contributed by atoms with van der Waals surface area (Å²) in [7, 11) is 3.71. The van der Waals surface area contributed by atoms with E-state index in [-0.39, 0.29) is 0 Å². The summed E-state index contributed by atoms with van der Waals surface area (Å²) in [5.41, 5.74) is 2.88. The summed E-state index contributed by atoms with van der Waals surface area (Å²) < 4.78 is 5.64. The van der Waals surface area contributed by atoms with E-state index in [2.05, 4.69) is 61.9 Å². The second-order valence-corrected chi connectivity index (χ2v) is 6.60. The molecule has 0 radical (unpaired) electrons. The molecule has 1 fully saturated rings. The smallest absolute Gasteiger partial charge is 0.224 e. The molecular weight excluding hydrogens is 342 g/mol. The summed E-state index contributed by atoms with van der Waals surface area (Å²) in [5.74, 6) is 2.39. The molecule has 8 heteroatoms. The number of hydrogen-bond acceptors (Lipinski definition) is 7. The summed E-state index contributed by atoms with van der Waals surface area (Å²) >= 11 is 0. The van der Waals surface area contributed by atoms with E-state index in [0.29, 0.717) is 12.0 Å². The lowest BCUT2D eigenvalue weighted by molar-refractivity contribution is 0.0926. The topological polar surface area (TPSA) is 91.0 Å². The quantitative estimate of drug-likeness (QED) is 0.639. The third kappa shape index (κ3) is 3.28. The summed E-state index contributed by atoms with van der Waals surface area (Å²) in [5, 5.41) is 14.6. The number of anilines is 3. The molecule has 1 atom stereocenters. The molecule has 0 saturated carbocycles. The van der Waals surface area contributed by atoms with Gasteiger partial charge in [-0.05, 0) is 18.6 Å². The molecule has 2 aromatic heterocycles. The van der Waals surface area contributed by atoms with Gasteiger partial charge < -0.3 is 20.3 Å². The molecule has 0 aliphatic carbocycles.